The van der Waals surface area contributed by atoms with Crippen LogP contribution in [0.15, 0.2) is 10.9 Å². The van der Waals surface area contributed by atoms with E-state index < -0.39 is 0 Å². The highest BCUT2D eigenvalue weighted by molar-refractivity contribution is 6.39. The summed E-state index contributed by atoms with van der Waals surface area (Å²) in [6, 6.07) is 1.37. The first-order valence-corrected chi connectivity index (χ1v) is 7.73. The van der Waals surface area contributed by atoms with E-state index in [1.807, 2.05) is 32.8 Å². The molecule has 0 saturated carbocycles. The molecule has 0 unspecified atom stereocenters. The quantitative estimate of drug-likeness (QED) is 0.926. The fourth-order valence-electron chi connectivity index (χ4n) is 2.31. The van der Waals surface area contributed by atoms with Crippen molar-refractivity contribution in [3.05, 3.63) is 32.3 Å². The third-order valence-electron chi connectivity index (χ3n) is 3.20. The van der Waals surface area contributed by atoms with Gasteiger partial charge in [0, 0.05) is 6.54 Å². The molecule has 1 heterocycles. The predicted octanol–water partition coefficient (Wildman–Crippen LogP) is 3.13. The normalized spacial score (nSPS) is 11.8. The van der Waals surface area contributed by atoms with Crippen molar-refractivity contribution in [2.45, 2.75) is 26.9 Å². The molecule has 5 nitrogen and oxygen atoms in total. The Labute approximate surface area is 139 Å². The molecular weight excluding hydrogens is 325 g/mol. The van der Waals surface area contributed by atoms with Crippen molar-refractivity contribution in [2.75, 3.05) is 14.1 Å². The number of hydrogen-bond donors (Lipinski definition) is 1. The topological polar surface area (TPSA) is 58.4 Å². The summed E-state index contributed by atoms with van der Waals surface area (Å²) < 4.78 is 1.62. The summed E-state index contributed by atoms with van der Waals surface area (Å²) >= 11 is 12.1. The van der Waals surface area contributed by atoms with E-state index in [9.17, 15) is 9.90 Å². The molecule has 1 aromatic carbocycles. The Hall–Kier alpha value is -1.30. The lowest BCUT2D eigenvalue weighted by Gasteiger charge is -2.18. The van der Waals surface area contributed by atoms with Gasteiger partial charge in [0.15, 0.2) is 5.75 Å². The molecule has 1 N–H and O–H groups in total. The molecule has 1 aromatic heterocycles. The fourth-order valence-corrected chi connectivity index (χ4v) is 2.84. The van der Waals surface area contributed by atoms with Crippen LogP contribution in [0.3, 0.4) is 0 Å². The third-order valence-corrected chi connectivity index (χ3v) is 3.78. The molecule has 7 heteroatoms. The SMILES string of the molecule is CC(C)Cn1c(CN(C)C)nc2c(O)c(Cl)cc(Cl)c2c1=O. The van der Waals surface area contributed by atoms with Crippen molar-refractivity contribution in [3.8, 4) is 5.75 Å². The van der Waals surface area contributed by atoms with Gasteiger partial charge in [-0.05, 0) is 26.1 Å². The maximum absolute atomic E-state index is 12.8. The second-order valence-corrected chi connectivity index (χ2v) is 6.80. The number of hydrogen-bond acceptors (Lipinski definition) is 4. The Kier molecular flexibility index (Phi) is 5.00. The fraction of sp³-hybridized carbons (Fsp3) is 0.467. The summed E-state index contributed by atoms with van der Waals surface area (Å²) in [6.07, 6.45) is 0. The van der Waals surface area contributed by atoms with Crippen molar-refractivity contribution in [3.63, 3.8) is 0 Å². The number of aromatic nitrogens is 2. The number of rotatable bonds is 4. The third kappa shape index (κ3) is 3.21. The van der Waals surface area contributed by atoms with Crippen LogP contribution in [-0.4, -0.2) is 33.7 Å². The summed E-state index contributed by atoms with van der Waals surface area (Å²) in [5.74, 6) is 0.636. The molecule has 0 aliphatic heterocycles. The molecule has 0 atom stereocenters. The van der Waals surface area contributed by atoms with Crippen LogP contribution in [0.1, 0.15) is 19.7 Å². The Morgan fingerprint density at radius 1 is 1.32 bits per heavy atom. The van der Waals surface area contributed by atoms with E-state index in [1.165, 1.54) is 6.07 Å². The number of phenols is 1. The lowest BCUT2D eigenvalue weighted by molar-refractivity contribution is 0.367. The number of fused-ring (bicyclic) bond motifs is 1. The number of benzene rings is 1. The molecule has 0 spiro atoms. The highest BCUT2D eigenvalue weighted by atomic mass is 35.5. The largest absolute Gasteiger partial charge is 0.504 e. The average molecular weight is 344 g/mol. The molecule has 0 saturated heterocycles. The van der Waals surface area contributed by atoms with Crippen molar-refractivity contribution in [2.24, 2.45) is 5.92 Å². The molecule has 0 amide bonds. The summed E-state index contributed by atoms with van der Waals surface area (Å²) in [6.45, 7) is 5.06. The van der Waals surface area contributed by atoms with Crippen molar-refractivity contribution >= 4 is 34.1 Å². The lowest BCUT2D eigenvalue weighted by atomic mass is 10.2. The van der Waals surface area contributed by atoms with Crippen LogP contribution >= 0.6 is 23.2 Å². The van der Waals surface area contributed by atoms with Crippen LogP contribution < -0.4 is 5.56 Å². The Morgan fingerprint density at radius 2 is 1.95 bits per heavy atom. The Morgan fingerprint density at radius 3 is 2.50 bits per heavy atom. The molecule has 2 rings (SSSR count). The molecule has 22 heavy (non-hydrogen) atoms. The van der Waals surface area contributed by atoms with Gasteiger partial charge in [0.05, 0.1) is 22.0 Å². The summed E-state index contributed by atoms with van der Waals surface area (Å²) in [5.41, 5.74) is -0.105. The van der Waals surface area contributed by atoms with E-state index in [1.54, 1.807) is 4.57 Å². The van der Waals surface area contributed by atoms with E-state index in [-0.39, 0.29) is 38.2 Å². The number of halogens is 2. The molecule has 2 aromatic rings. The first kappa shape index (κ1) is 17.1. The second-order valence-electron chi connectivity index (χ2n) is 5.99. The van der Waals surface area contributed by atoms with Crippen LogP contribution in [-0.2, 0) is 13.1 Å². The first-order chi connectivity index (χ1) is 10.2. The monoisotopic (exact) mass is 343 g/mol. The van der Waals surface area contributed by atoms with Gasteiger partial charge in [-0.2, -0.15) is 0 Å². The Bertz CT molecular complexity index is 770. The van der Waals surface area contributed by atoms with E-state index in [0.717, 1.165) is 0 Å². The van der Waals surface area contributed by atoms with Crippen LogP contribution in [0.2, 0.25) is 10.0 Å². The van der Waals surface area contributed by atoms with Gasteiger partial charge < -0.3 is 10.0 Å². The molecule has 0 bridgehead atoms. The zero-order valence-corrected chi connectivity index (χ0v) is 14.5. The lowest BCUT2D eigenvalue weighted by Crippen LogP contribution is -2.30. The molecule has 0 aliphatic carbocycles. The van der Waals surface area contributed by atoms with Crippen LogP contribution in [0.25, 0.3) is 10.9 Å². The minimum Gasteiger partial charge on any atom is -0.504 e. The average Bonchev–Trinajstić information content (AvgIpc) is 2.38. The maximum Gasteiger partial charge on any atom is 0.263 e. The second kappa shape index (κ2) is 6.44. The molecule has 0 radical (unpaired) electrons. The van der Waals surface area contributed by atoms with Crippen molar-refractivity contribution < 1.29 is 5.11 Å². The first-order valence-electron chi connectivity index (χ1n) is 6.97. The zero-order chi connectivity index (χ0) is 16.6. The van der Waals surface area contributed by atoms with Gasteiger partial charge in [0.25, 0.3) is 5.56 Å². The number of nitrogens with zero attached hydrogens (tertiary/aromatic N) is 3. The smallest absolute Gasteiger partial charge is 0.263 e. The van der Waals surface area contributed by atoms with Crippen molar-refractivity contribution in [1.29, 1.82) is 0 Å². The number of aromatic hydroxyl groups is 1. The molecule has 0 aliphatic rings. The highest BCUT2D eigenvalue weighted by Gasteiger charge is 2.19. The van der Waals surface area contributed by atoms with Gasteiger partial charge in [-0.25, -0.2) is 4.98 Å². The minimum absolute atomic E-state index is 0.0850. The van der Waals surface area contributed by atoms with Gasteiger partial charge in [-0.15, -0.1) is 0 Å². The molecular formula is C15H19Cl2N3O2. The van der Waals surface area contributed by atoms with Gasteiger partial charge >= 0.3 is 0 Å². The summed E-state index contributed by atoms with van der Waals surface area (Å²) in [7, 11) is 3.78. The zero-order valence-electron chi connectivity index (χ0n) is 13.0. The highest BCUT2D eigenvalue weighted by Crippen LogP contribution is 2.34. The molecule has 0 fully saturated rings. The van der Waals surface area contributed by atoms with Crippen LogP contribution in [0.5, 0.6) is 5.75 Å². The van der Waals surface area contributed by atoms with Crippen molar-refractivity contribution in [1.82, 2.24) is 14.5 Å². The van der Waals surface area contributed by atoms with Gasteiger partial charge in [-0.1, -0.05) is 37.0 Å². The van der Waals surface area contributed by atoms with Crippen LogP contribution in [0, 0.1) is 5.92 Å². The van der Waals surface area contributed by atoms with E-state index in [4.69, 9.17) is 23.2 Å². The van der Waals surface area contributed by atoms with E-state index in [0.29, 0.717) is 18.9 Å². The van der Waals surface area contributed by atoms with E-state index in [2.05, 4.69) is 4.98 Å². The van der Waals surface area contributed by atoms with Crippen LogP contribution in [0.4, 0.5) is 0 Å². The summed E-state index contributed by atoms with van der Waals surface area (Å²) in [5, 5.41) is 10.6. The summed E-state index contributed by atoms with van der Waals surface area (Å²) in [4.78, 5) is 19.2. The molecule has 120 valence electrons. The Balaban J connectivity index is 2.86. The number of phenolic OH excluding ortho intramolecular Hbond substituents is 1. The predicted molar refractivity (Wildman–Crippen MR) is 89.9 cm³/mol. The van der Waals surface area contributed by atoms with Gasteiger partial charge in [-0.3, -0.25) is 9.36 Å². The minimum atomic E-state index is -0.257. The van der Waals surface area contributed by atoms with E-state index >= 15 is 0 Å². The van der Waals surface area contributed by atoms with Gasteiger partial charge in [0.1, 0.15) is 11.3 Å². The van der Waals surface area contributed by atoms with Gasteiger partial charge in [0.2, 0.25) is 0 Å². The maximum atomic E-state index is 12.8. The standard InChI is InChI=1S/C15H19Cl2N3O2/c1-8(2)6-20-11(7-19(3)4)18-13-12(15(20)22)9(16)5-10(17)14(13)21/h5,8,21H,6-7H2,1-4H3.